The molecule has 0 amide bonds. The Balaban J connectivity index is 1.26. The minimum atomic E-state index is 0.462. The summed E-state index contributed by atoms with van der Waals surface area (Å²) in [6.07, 6.45) is 4.38. The zero-order valence-electron chi connectivity index (χ0n) is 21.4. The van der Waals surface area contributed by atoms with Crippen LogP contribution in [0.5, 0.6) is 0 Å². The molecule has 4 aromatic rings. The van der Waals surface area contributed by atoms with Crippen LogP contribution in [0.4, 0.5) is 28.8 Å². The Morgan fingerprint density at radius 2 is 1.64 bits per heavy atom. The van der Waals surface area contributed by atoms with Gasteiger partial charge in [0.2, 0.25) is 5.95 Å². The van der Waals surface area contributed by atoms with Crippen LogP contribution in [-0.4, -0.2) is 57.9 Å². The third-order valence-electron chi connectivity index (χ3n) is 6.80. The topological polar surface area (TPSA) is 117 Å². The molecule has 0 radical (unpaired) electrons. The molecule has 1 fully saturated rings. The first-order valence-electron chi connectivity index (χ1n) is 12.9. The number of nitrogen functional groups attached to an aromatic ring is 1. The molecule has 2 aromatic carbocycles. The van der Waals surface area contributed by atoms with E-state index in [-0.39, 0.29) is 0 Å². The van der Waals surface area contributed by atoms with E-state index in [0.29, 0.717) is 42.3 Å². The van der Waals surface area contributed by atoms with Gasteiger partial charge >= 0.3 is 0 Å². The lowest BCUT2D eigenvalue weighted by molar-refractivity contribution is 0.122. The highest BCUT2D eigenvalue weighted by molar-refractivity contribution is 7.80. The molecule has 0 bridgehead atoms. The molecule has 2 aliphatic rings. The number of fused-ring (bicyclic) bond motifs is 1. The third-order valence-corrected chi connectivity index (χ3v) is 7.00. The summed E-state index contributed by atoms with van der Waals surface area (Å²) in [5.74, 6) is 2.41. The fourth-order valence-corrected chi connectivity index (χ4v) is 5.03. The summed E-state index contributed by atoms with van der Waals surface area (Å²) < 4.78 is 5.60. The molecule has 2 aliphatic heterocycles. The van der Waals surface area contributed by atoms with E-state index in [1.807, 2.05) is 54.6 Å². The van der Waals surface area contributed by atoms with E-state index in [4.69, 9.17) is 32.7 Å². The fraction of sp³-hybridized carbons (Fsp3) is 0.250. The highest BCUT2D eigenvalue weighted by atomic mass is 32.1. The van der Waals surface area contributed by atoms with Crippen molar-refractivity contribution in [2.45, 2.75) is 13.0 Å². The molecule has 39 heavy (non-hydrogen) atoms. The molecule has 6 rings (SSSR count). The molecule has 198 valence electrons. The first kappa shape index (κ1) is 25.0. The molecule has 11 heteroatoms. The predicted octanol–water partition coefficient (Wildman–Crippen LogP) is 3.72. The van der Waals surface area contributed by atoms with E-state index in [1.54, 1.807) is 12.4 Å². The molecular formula is C28H29N9OS. The number of benzene rings is 2. The Morgan fingerprint density at radius 1 is 0.872 bits per heavy atom. The second kappa shape index (κ2) is 11.2. The normalized spacial score (nSPS) is 15.0. The maximum Gasteiger partial charge on any atom is 0.225 e. The Bertz CT molecular complexity index is 1460. The number of ether oxygens (including phenoxy) is 1. The molecule has 0 atom stereocenters. The number of anilines is 5. The lowest BCUT2D eigenvalue weighted by Crippen LogP contribution is -2.39. The summed E-state index contributed by atoms with van der Waals surface area (Å²) in [5, 5.41) is 6.82. The molecule has 4 N–H and O–H groups in total. The van der Waals surface area contributed by atoms with Crippen molar-refractivity contribution in [1.29, 1.82) is 0 Å². The van der Waals surface area contributed by atoms with Gasteiger partial charge in [-0.1, -0.05) is 12.1 Å². The van der Waals surface area contributed by atoms with Crippen molar-refractivity contribution in [3.05, 3.63) is 78.2 Å². The van der Waals surface area contributed by atoms with E-state index >= 15 is 0 Å². The molecule has 10 nitrogen and oxygen atoms in total. The van der Waals surface area contributed by atoms with Crippen LogP contribution >= 0.6 is 12.2 Å². The molecule has 2 aromatic heterocycles. The lowest BCUT2D eigenvalue weighted by Gasteiger charge is -2.34. The van der Waals surface area contributed by atoms with Crippen molar-refractivity contribution in [2.24, 2.45) is 0 Å². The standard InChI is InChI=1S/C28H29N9OS/c29-22-4-1-2-5-23(22)34-28(39)32-20-8-6-19(7-9-20)25-33-24-18-37(27-30-11-3-12-31-27)13-10-21(24)26(35-25)36-14-16-38-17-15-36/h1-9,11-12H,10,13-18,29H2,(H2,32,34,39). The van der Waals surface area contributed by atoms with Crippen LogP contribution in [0.2, 0.25) is 0 Å². The number of thiocarbonyl (C=S) groups is 1. The van der Waals surface area contributed by atoms with Gasteiger partial charge in [-0.25, -0.2) is 19.9 Å². The number of nitrogens with zero attached hydrogens (tertiary/aromatic N) is 6. The van der Waals surface area contributed by atoms with Crippen molar-refractivity contribution < 1.29 is 4.74 Å². The number of nitrogens with one attached hydrogen (secondary N) is 2. The minimum Gasteiger partial charge on any atom is -0.397 e. The summed E-state index contributed by atoms with van der Waals surface area (Å²) >= 11 is 5.48. The van der Waals surface area contributed by atoms with E-state index < -0.39 is 0 Å². The molecular weight excluding hydrogens is 510 g/mol. The Labute approximate surface area is 232 Å². The van der Waals surface area contributed by atoms with Gasteiger partial charge in [0.25, 0.3) is 0 Å². The smallest absolute Gasteiger partial charge is 0.225 e. The Morgan fingerprint density at radius 3 is 2.41 bits per heavy atom. The number of hydrogen-bond donors (Lipinski definition) is 3. The number of morpholine rings is 1. The molecule has 0 spiro atoms. The average Bonchev–Trinajstić information content (AvgIpc) is 2.99. The van der Waals surface area contributed by atoms with Crippen molar-refractivity contribution >= 4 is 46.2 Å². The molecule has 0 unspecified atom stereocenters. The van der Waals surface area contributed by atoms with Crippen LogP contribution in [0.15, 0.2) is 67.0 Å². The van der Waals surface area contributed by atoms with Crippen molar-refractivity contribution in [2.75, 3.05) is 59.0 Å². The van der Waals surface area contributed by atoms with E-state index in [2.05, 4.69) is 30.4 Å². The Kier molecular flexibility index (Phi) is 7.15. The monoisotopic (exact) mass is 539 g/mol. The minimum absolute atomic E-state index is 0.462. The van der Waals surface area contributed by atoms with E-state index in [1.165, 1.54) is 5.56 Å². The van der Waals surface area contributed by atoms with Gasteiger partial charge in [0.05, 0.1) is 36.8 Å². The third kappa shape index (κ3) is 5.59. The van der Waals surface area contributed by atoms with Crippen LogP contribution in [0, 0.1) is 0 Å². The first-order valence-corrected chi connectivity index (χ1v) is 13.3. The van der Waals surface area contributed by atoms with Crippen LogP contribution in [0.1, 0.15) is 11.3 Å². The van der Waals surface area contributed by atoms with Gasteiger partial charge in [0.15, 0.2) is 10.9 Å². The summed E-state index contributed by atoms with van der Waals surface area (Å²) in [4.78, 5) is 23.5. The van der Waals surface area contributed by atoms with Crippen molar-refractivity contribution in [3.8, 4) is 11.4 Å². The molecule has 0 saturated carbocycles. The number of hydrogen-bond acceptors (Lipinski definition) is 9. The largest absolute Gasteiger partial charge is 0.397 e. The van der Waals surface area contributed by atoms with Crippen LogP contribution < -0.4 is 26.2 Å². The van der Waals surface area contributed by atoms with Gasteiger partial charge in [-0.3, -0.25) is 0 Å². The van der Waals surface area contributed by atoms with Crippen molar-refractivity contribution in [3.63, 3.8) is 0 Å². The van der Waals surface area contributed by atoms with Gasteiger partial charge in [0, 0.05) is 48.8 Å². The zero-order chi connectivity index (χ0) is 26.6. The average molecular weight is 540 g/mol. The van der Waals surface area contributed by atoms with Crippen LogP contribution in [0.3, 0.4) is 0 Å². The van der Waals surface area contributed by atoms with Crippen molar-refractivity contribution in [1.82, 2.24) is 19.9 Å². The van der Waals surface area contributed by atoms with Gasteiger partial charge in [0.1, 0.15) is 5.82 Å². The summed E-state index contributed by atoms with van der Waals surface area (Å²) in [5.41, 5.74) is 11.4. The maximum atomic E-state index is 6.02. The van der Waals surface area contributed by atoms with Crippen LogP contribution in [-0.2, 0) is 17.7 Å². The Hall–Kier alpha value is -4.35. The molecule has 4 heterocycles. The highest BCUT2D eigenvalue weighted by Gasteiger charge is 2.27. The number of aromatic nitrogens is 4. The molecule has 1 saturated heterocycles. The zero-order valence-corrected chi connectivity index (χ0v) is 22.2. The van der Waals surface area contributed by atoms with Gasteiger partial charge in [-0.05, 0) is 61.1 Å². The predicted molar refractivity (Wildman–Crippen MR) is 158 cm³/mol. The van der Waals surface area contributed by atoms with Crippen LogP contribution in [0.25, 0.3) is 11.4 Å². The second-order valence-corrected chi connectivity index (χ2v) is 9.77. The summed E-state index contributed by atoms with van der Waals surface area (Å²) in [6, 6.07) is 17.3. The highest BCUT2D eigenvalue weighted by Crippen LogP contribution is 2.31. The lowest BCUT2D eigenvalue weighted by atomic mass is 10.0. The maximum absolute atomic E-state index is 6.02. The SMILES string of the molecule is Nc1ccccc1NC(=S)Nc1ccc(-c2nc3c(c(N4CCOCC4)n2)CCN(c2ncccn2)C3)cc1. The molecule has 0 aliphatic carbocycles. The summed E-state index contributed by atoms with van der Waals surface area (Å²) in [7, 11) is 0. The summed E-state index contributed by atoms with van der Waals surface area (Å²) in [6.45, 7) is 4.47. The van der Waals surface area contributed by atoms with E-state index in [9.17, 15) is 0 Å². The first-order chi connectivity index (χ1) is 19.1. The van der Waals surface area contributed by atoms with E-state index in [0.717, 1.165) is 54.5 Å². The second-order valence-electron chi connectivity index (χ2n) is 9.36. The number of nitrogens with two attached hydrogens (primary N) is 1. The van der Waals surface area contributed by atoms with Gasteiger partial charge in [-0.2, -0.15) is 0 Å². The quantitative estimate of drug-likeness (QED) is 0.254. The number of rotatable bonds is 5. The fourth-order valence-electron chi connectivity index (χ4n) is 4.80. The van der Waals surface area contributed by atoms with Gasteiger partial charge in [-0.15, -0.1) is 0 Å². The number of para-hydroxylation sites is 2. The van der Waals surface area contributed by atoms with Gasteiger partial charge < -0.3 is 30.9 Å².